The van der Waals surface area contributed by atoms with Crippen molar-refractivity contribution >= 4 is 11.7 Å². The van der Waals surface area contributed by atoms with Crippen LogP contribution in [0, 0.1) is 5.92 Å². The molecule has 1 aromatic rings. The quantitative estimate of drug-likeness (QED) is 0.798. The molecule has 1 amide bonds. The van der Waals surface area contributed by atoms with Crippen LogP contribution in [0.2, 0.25) is 0 Å². The summed E-state index contributed by atoms with van der Waals surface area (Å²) in [5, 5.41) is 3.25. The van der Waals surface area contributed by atoms with Gasteiger partial charge in [0.1, 0.15) is 5.82 Å². The minimum atomic E-state index is 0.308. The number of rotatable bonds is 7. The van der Waals surface area contributed by atoms with Crippen molar-refractivity contribution in [1.29, 1.82) is 0 Å². The van der Waals surface area contributed by atoms with E-state index in [2.05, 4.69) is 20.1 Å². The van der Waals surface area contributed by atoms with E-state index in [1.54, 1.807) is 0 Å². The largest absolute Gasteiger partial charge is 0.353 e. The van der Waals surface area contributed by atoms with Crippen molar-refractivity contribution in [2.75, 3.05) is 64.3 Å². The lowest BCUT2D eigenvalue weighted by Crippen LogP contribution is -2.49. The van der Waals surface area contributed by atoms with Gasteiger partial charge in [-0.1, -0.05) is 6.07 Å². The molecule has 1 aromatic heterocycles. The zero-order valence-corrected chi connectivity index (χ0v) is 16.1. The molecule has 26 heavy (non-hydrogen) atoms. The van der Waals surface area contributed by atoms with Crippen LogP contribution in [0.25, 0.3) is 0 Å². The maximum atomic E-state index is 12.5. The van der Waals surface area contributed by atoms with Crippen LogP contribution in [0.15, 0.2) is 24.4 Å². The molecule has 2 aliphatic rings. The monoisotopic (exact) mass is 359 g/mol. The van der Waals surface area contributed by atoms with Crippen LogP contribution in [0.5, 0.6) is 0 Å². The molecule has 2 saturated heterocycles. The van der Waals surface area contributed by atoms with Crippen molar-refractivity contribution in [1.82, 2.24) is 20.1 Å². The first-order chi connectivity index (χ1) is 12.8. The van der Waals surface area contributed by atoms with Gasteiger partial charge < -0.3 is 20.0 Å². The molecule has 0 aliphatic carbocycles. The SMILES string of the molecule is CNCCC1CCN(CCC(=O)N2CCN(c3ccccn3)CC2)CC1. The van der Waals surface area contributed by atoms with Gasteiger partial charge >= 0.3 is 0 Å². The molecule has 0 radical (unpaired) electrons. The zero-order chi connectivity index (χ0) is 18.2. The van der Waals surface area contributed by atoms with E-state index < -0.39 is 0 Å². The van der Waals surface area contributed by atoms with Crippen LogP contribution >= 0.6 is 0 Å². The minimum absolute atomic E-state index is 0.308. The second-order valence-corrected chi connectivity index (χ2v) is 7.48. The summed E-state index contributed by atoms with van der Waals surface area (Å²) >= 11 is 0. The van der Waals surface area contributed by atoms with E-state index in [0.717, 1.165) is 64.1 Å². The van der Waals surface area contributed by atoms with Crippen LogP contribution in [0.1, 0.15) is 25.7 Å². The van der Waals surface area contributed by atoms with E-state index in [4.69, 9.17) is 0 Å². The fourth-order valence-electron chi connectivity index (χ4n) is 3.98. The third-order valence-electron chi connectivity index (χ3n) is 5.76. The first kappa shape index (κ1) is 19.1. The maximum absolute atomic E-state index is 12.5. The van der Waals surface area contributed by atoms with E-state index in [1.165, 1.54) is 19.3 Å². The number of likely N-dealkylation sites (tertiary alicyclic amines) is 1. The number of hydrogen-bond donors (Lipinski definition) is 1. The Morgan fingerprint density at radius 3 is 2.58 bits per heavy atom. The number of carbonyl (C=O) groups is 1. The Balaban J connectivity index is 1.34. The second-order valence-electron chi connectivity index (χ2n) is 7.48. The first-order valence-corrected chi connectivity index (χ1v) is 10.1. The van der Waals surface area contributed by atoms with Crippen molar-refractivity contribution in [3.8, 4) is 0 Å². The van der Waals surface area contributed by atoms with Gasteiger partial charge in [-0.2, -0.15) is 0 Å². The Hall–Kier alpha value is -1.66. The topological polar surface area (TPSA) is 51.7 Å². The molecule has 0 aromatic carbocycles. The number of pyridine rings is 1. The Morgan fingerprint density at radius 2 is 1.92 bits per heavy atom. The number of nitrogens with zero attached hydrogens (tertiary/aromatic N) is 4. The van der Waals surface area contributed by atoms with Gasteiger partial charge in [0.2, 0.25) is 5.91 Å². The molecular formula is C20H33N5O. The van der Waals surface area contributed by atoms with Crippen LogP contribution in [0.3, 0.4) is 0 Å². The lowest BCUT2D eigenvalue weighted by atomic mass is 9.93. The summed E-state index contributed by atoms with van der Waals surface area (Å²) in [7, 11) is 2.02. The first-order valence-electron chi connectivity index (χ1n) is 10.1. The van der Waals surface area contributed by atoms with Crippen molar-refractivity contribution < 1.29 is 4.79 Å². The summed E-state index contributed by atoms with van der Waals surface area (Å²) in [6.45, 7) is 7.69. The third-order valence-corrected chi connectivity index (χ3v) is 5.76. The molecule has 0 unspecified atom stereocenters. The molecule has 144 valence electrons. The van der Waals surface area contributed by atoms with Crippen LogP contribution < -0.4 is 10.2 Å². The molecular weight excluding hydrogens is 326 g/mol. The molecule has 2 aliphatic heterocycles. The number of anilines is 1. The highest BCUT2D eigenvalue weighted by atomic mass is 16.2. The zero-order valence-electron chi connectivity index (χ0n) is 16.1. The van der Waals surface area contributed by atoms with Gasteiger partial charge in [-0.3, -0.25) is 4.79 Å². The molecule has 1 N–H and O–H groups in total. The number of amides is 1. The molecule has 3 rings (SSSR count). The average Bonchev–Trinajstić information content (AvgIpc) is 2.72. The molecule has 0 atom stereocenters. The molecule has 0 bridgehead atoms. The van der Waals surface area contributed by atoms with Gasteiger partial charge in [0, 0.05) is 45.3 Å². The number of hydrogen-bond acceptors (Lipinski definition) is 5. The molecule has 3 heterocycles. The second kappa shape index (κ2) is 9.88. The molecule has 6 heteroatoms. The van der Waals surface area contributed by atoms with Crippen LogP contribution in [0.4, 0.5) is 5.82 Å². The minimum Gasteiger partial charge on any atom is -0.353 e. The summed E-state index contributed by atoms with van der Waals surface area (Å²) < 4.78 is 0. The van der Waals surface area contributed by atoms with E-state index in [9.17, 15) is 4.79 Å². The molecule has 2 fully saturated rings. The predicted octanol–water partition coefficient (Wildman–Crippen LogP) is 1.44. The van der Waals surface area contributed by atoms with Crippen molar-refractivity contribution in [2.24, 2.45) is 5.92 Å². The number of piperazine rings is 1. The van der Waals surface area contributed by atoms with Crippen molar-refractivity contribution in [3.63, 3.8) is 0 Å². The average molecular weight is 360 g/mol. The number of nitrogens with one attached hydrogen (secondary N) is 1. The maximum Gasteiger partial charge on any atom is 0.223 e. The number of carbonyl (C=O) groups excluding carboxylic acids is 1. The highest BCUT2D eigenvalue weighted by Crippen LogP contribution is 2.20. The summed E-state index contributed by atoms with van der Waals surface area (Å²) in [4.78, 5) is 23.7. The van der Waals surface area contributed by atoms with E-state index in [0.29, 0.717) is 12.3 Å². The van der Waals surface area contributed by atoms with E-state index in [-0.39, 0.29) is 0 Å². The molecule has 0 spiro atoms. The van der Waals surface area contributed by atoms with Gasteiger partial charge in [0.15, 0.2) is 0 Å². The van der Waals surface area contributed by atoms with Crippen LogP contribution in [-0.4, -0.2) is 80.1 Å². The van der Waals surface area contributed by atoms with Gasteiger partial charge in [0.05, 0.1) is 0 Å². The molecule has 0 saturated carbocycles. The normalized spacial score (nSPS) is 19.7. The Bertz CT molecular complexity index is 536. The van der Waals surface area contributed by atoms with E-state index >= 15 is 0 Å². The summed E-state index contributed by atoms with van der Waals surface area (Å²) in [6.07, 6.45) is 6.32. The lowest BCUT2D eigenvalue weighted by molar-refractivity contribution is -0.131. The fourth-order valence-corrected chi connectivity index (χ4v) is 3.98. The highest BCUT2D eigenvalue weighted by Gasteiger charge is 2.23. The standard InChI is InChI=1S/C20H33N5O/c1-21-10-5-18-6-11-23(12-7-18)13-8-20(26)25-16-14-24(15-17-25)19-4-2-3-9-22-19/h2-4,9,18,21H,5-8,10-17H2,1H3. The Labute approximate surface area is 157 Å². The summed E-state index contributed by atoms with van der Waals surface area (Å²) in [5.74, 6) is 2.18. The third kappa shape index (κ3) is 5.42. The van der Waals surface area contributed by atoms with Gasteiger partial charge in [-0.15, -0.1) is 0 Å². The summed E-state index contributed by atoms with van der Waals surface area (Å²) in [5.41, 5.74) is 0. The van der Waals surface area contributed by atoms with Gasteiger partial charge in [-0.05, 0) is 64.0 Å². The highest BCUT2D eigenvalue weighted by molar-refractivity contribution is 5.76. The Kier molecular flexibility index (Phi) is 7.26. The Morgan fingerprint density at radius 1 is 1.15 bits per heavy atom. The molecule has 6 nitrogen and oxygen atoms in total. The number of aromatic nitrogens is 1. The van der Waals surface area contributed by atoms with Gasteiger partial charge in [0.25, 0.3) is 0 Å². The lowest BCUT2D eigenvalue weighted by Gasteiger charge is -2.36. The van der Waals surface area contributed by atoms with E-state index in [1.807, 2.05) is 36.3 Å². The smallest absolute Gasteiger partial charge is 0.223 e. The predicted molar refractivity (Wildman–Crippen MR) is 105 cm³/mol. The fraction of sp³-hybridized carbons (Fsp3) is 0.700. The summed E-state index contributed by atoms with van der Waals surface area (Å²) in [6, 6.07) is 5.99. The van der Waals surface area contributed by atoms with Crippen LogP contribution in [-0.2, 0) is 4.79 Å². The van der Waals surface area contributed by atoms with Crippen molar-refractivity contribution in [2.45, 2.75) is 25.7 Å². The number of piperidine rings is 1. The van der Waals surface area contributed by atoms with Crippen molar-refractivity contribution in [3.05, 3.63) is 24.4 Å². The van der Waals surface area contributed by atoms with Gasteiger partial charge in [-0.25, -0.2) is 4.98 Å².